The molecular weight excluding hydrogens is 499 g/mol. The van der Waals surface area contributed by atoms with E-state index in [1.807, 2.05) is 0 Å². The first-order chi connectivity index (χ1) is 16.3. The zero-order valence-corrected chi connectivity index (χ0v) is 18.8. The molecule has 2 N–H and O–H groups in total. The molecule has 35 heavy (non-hydrogen) atoms. The van der Waals surface area contributed by atoms with Crippen molar-refractivity contribution in [2.24, 2.45) is 4.99 Å². The summed E-state index contributed by atoms with van der Waals surface area (Å²) in [5, 5.41) is 15.8. The molecular formula is C21H16ClF5N6O2. The summed E-state index contributed by atoms with van der Waals surface area (Å²) in [6.07, 6.45) is -4.98. The summed E-state index contributed by atoms with van der Waals surface area (Å²) in [5.41, 5.74) is -3.16. The number of aliphatic hydroxyl groups excluding tert-OH is 1. The number of rotatable bonds is 4. The van der Waals surface area contributed by atoms with E-state index < -0.39 is 57.6 Å². The van der Waals surface area contributed by atoms with Gasteiger partial charge in [0.15, 0.2) is 10.8 Å². The Morgan fingerprint density at radius 1 is 1.29 bits per heavy atom. The smallest absolute Gasteiger partial charge is 0.392 e. The van der Waals surface area contributed by atoms with Crippen LogP contribution in [-0.4, -0.2) is 49.1 Å². The summed E-state index contributed by atoms with van der Waals surface area (Å²) in [6, 6.07) is 3.50. The number of hydrogen-bond acceptors (Lipinski definition) is 6. The van der Waals surface area contributed by atoms with Gasteiger partial charge in [-0.2, -0.15) is 13.2 Å². The molecule has 1 aromatic carbocycles. The second kappa shape index (κ2) is 8.64. The van der Waals surface area contributed by atoms with Crippen LogP contribution in [0.3, 0.4) is 0 Å². The van der Waals surface area contributed by atoms with Crippen molar-refractivity contribution in [3.63, 3.8) is 0 Å². The lowest BCUT2D eigenvalue weighted by atomic mass is 9.99. The highest BCUT2D eigenvalue weighted by molar-refractivity contribution is 6.26. The fourth-order valence-corrected chi connectivity index (χ4v) is 3.59. The van der Waals surface area contributed by atoms with Gasteiger partial charge in [0.2, 0.25) is 5.82 Å². The van der Waals surface area contributed by atoms with Crippen LogP contribution in [0.5, 0.6) is 0 Å². The Kier molecular flexibility index (Phi) is 6.09. The molecule has 0 radical (unpaired) electrons. The third-order valence-corrected chi connectivity index (χ3v) is 5.21. The second-order valence-electron chi connectivity index (χ2n) is 7.82. The molecule has 184 valence electrons. The van der Waals surface area contributed by atoms with Crippen molar-refractivity contribution in [1.29, 1.82) is 0 Å². The normalized spacial score (nSPS) is 18.3. The summed E-state index contributed by atoms with van der Waals surface area (Å²) < 4.78 is 70.8. The van der Waals surface area contributed by atoms with Gasteiger partial charge in [0, 0.05) is 12.1 Å². The van der Waals surface area contributed by atoms with Crippen LogP contribution in [0, 0.1) is 11.6 Å². The topological polar surface area (TPSA) is 105 Å². The molecule has 1 aliphatic rings. The molecule has 2 aromatic heterocycles. The highest BCUT2D eigenvalue weighted by Gasteiger charge is 2.40. The van der Waals surface area contributed by atoms with Gasteiger partial charge in [-0.15, -0.1) is 5.10 Å². The highest BCUT2D eigenvalue weighted by atomic mass is 35.5. The standard InChI is InChI=1S/C21H16ClF5N6O2/c1-9(34)7-29-18(35)17-30-19-20(2,22)31-16(15-11(23)4-3-5-12(15)24)10-6-14(21(25,26)27)28-8-13(10)33(19)32-17/h3-6,8-9,34H,7H2,1-2H3,(H,29,35)/t9-,20?/m1/s1. The van der Waals surface area contributed by atoms with Crippen molar-refractivity contribution in [1.82, 2.24) is 25.1 Å². The molecule has 3 aromatic rings. The predicted molar refractivity (Wildman–Crippen MR) is 113 cm³/mol. The number of hydrogen-bond donors (Lipinski definition) is 2. The first-order valence-corrected chi connectivity index (χ1v) is 10.4. The van der Waals surface area contributed by atoms with Gasteiger partial charge in [-0.25, -0.2) is 23.4 Å². The Morgan fingerprint density at radius 2 is 1.94 bits per heavy atom. The van der Waals surface area contributed by atoms with Crippen molar-refractivity contribution in [2.45, 2.75) is 31.1 Å². The van der Waals surface area contributed by atoms with Gasteiger partial charge in [-0.1, -0.05) is 17.7 Å². The van der Waals surface area contributed by atoms with E-state index in [4.69, 9.17) is 11.6 Å². The third-order valence-electron chi connectivity index (χ3n) is 4.95. The zero-order valence-electron chi connectivity index (χ0n) is 18.0. The van der Waals surface area contributed by atoms with Crippen LogP contribution < -0.4 is 5.32 Å². The Labute approximate surface area is 199 Å². The molecule has 8 nitrogen and oxygen atoms in total. The average molecular weight is 515 g/mol. The number of carbonyl (C=O) groups excluding carboxylic acids is 1. The first-order valence-electron chi connectivity index (χ1n) is 10.0. The first kappa shape index (κ1) is 24.7. The molecule has 0 saturated carbocycles. The lowest BCUT2D eigenvalue weighted by Crippen LogP contribution is -2.31. The number of amides is 1. The van der Waals surface area contributed by atoms with Crippen LogP contribution in [-0.2, 0) is 11.2 Å². The molecule has 3 heterocycles. The van der Waals surface area contributed by atoms with Crippen LogP contribution in [0.25, 0.3) is 5.69 Å². The maximum atomic E-state index is 14.7. The Bertz CT molecular complexity index is 1330. The minimum Gasteiger partial charge on any atom is -0.392 e. The van der Waals surface area contributed by atoms with E-state index in [-0.39, 0.29) is 23.6 Å². The average Bonchev–Trinajstić information content (AvgIpc) is 3.19. The Balaban J connectivity index is 1.99. The SMILES string of the molecule is C[C@@H](O)CNC(=O)c1nc2n(n1)-c1cnc(C(F)(F)F)cc1C(c1c(F)cccc1F)=NC2(C)Cl. The van der Waals surface area contributed by atoms with E-state index in [1.54, 1.807) is 0 Å². The van der Waals surface area contributed by atoms with Gasteiger partial charge in [-0.05, 0) is 32.0 Å². The Hall–Kier alpha value is -3.45. The number of carbonyl (C=O) groups is 1. The van der Waals surface area contributed by atoms with Gasteiger partial charge >= 0.3 is 6.18 Å². The van der Waals surface area contributed by atoms with Crippen molar-refractivity contribution < 1.29 is 31.9 Å². The number of fused-ring (bicyclic) bond motifs is 3. The van der Waals surface area contributed by atoms with E-state index in [0.717, 1.165) is 29.1 Å². The number of halogens is 6. The largest absolute Gasteiger partial charge is 0.433 e. The van der Waals surface area contributed by atoms with Crippen LogP contribution in [0.1, 0.15) is 47.1 Å². The predicted octanol–water partition coefficient (Wildman–Crippen LogP) is 3.33. The lowest BCUT2D eigenvalue weighted by Gasteiger charge is -2.16. The molecule has 0 bridgehead atoms. The fourth-order valence-electron chi connectivity index (χ4n) is 3.39. The van der Waals surface area contributed by atoms with Gasteiger partial charge in [0.05, 0.1) is 29.3 Å². The molecule has 0 spiro atoms. The maximum Gasteiger partial charge on any atom is 0.433 e. The van der Waals surface area contributed by atoms with Crippen LogP contribution in [0.15, 0.2) is 35.5 Å². The number of nitrogens with one attached hydrogen (secondary N) is 1. The fraction of sp³-hybridized carbons (Fsp3) is 0.286. The van der Waals surface area contributed by atoms with Gasteiger partial charge in [0.1, 0.15) is 17.3 Å². The number of pyridine rings is 1. The van der Waals surface area contributed by atoms with Crippen molar-refractivity contribution in [2.75, 3.05) is 6.54 Å². The van der Waals surface area contributed by atoms with Crippen LogP contribution in [0.4, 0.5) is 22.0 Å². The summed E-state index contributed by atoms with van der Waals surface area (Å²) >= 11 is 6.55. The quantitative estimate of drug-likeness (QED) is 0.316. The van der Waals surface area contributed by atoms with E-state index >= 15 is 0 Å². The van der Waals surface area contributed by atoms with E-state index in [0.29, 0.717) is 6.07 Å². The Morgan fingerprint density at radius 3 is 2.54 bits per heavy atom. The van der Waals surface area contributed by atoms with Crippen molar-refractivity contribution in [3.8, 4) is 5.69 Å². The van der Waals surface area contributed by atoms with Crippen molar-refractivity contribution >= 4 is 23.2 Å². The number of aliphatic hydroxyl groups is 1. The van der Waals surface area contributed by atoms with E-state index in [1.165, 1.54) is 13.8 Å². The minimum absolute atomic E-state index is 0.122. The molecule has 1 amide bonds. The molecule has 14 heteroatoms. The molecule has 4 rings (SSSR count). The molecule has 0 fully saturated rings. The van der Waals surface area contributed by atoms with E-state index in [9.17, 15) is 31.9 Å². The molecule has 0 aliphatic carbocycles. The van der Waals surface area contributed by atoms with Crippen LogP contribution >= 0.6 is 11.6 Å². The van der Waals surface area contributed by atoms with Gasteiger partial charge in [-0.3, -0.25) is 9.79 Å². The van der Waals surface area contributed by atoms with Crippen LogP contribution in [0.2, 0.25) is 0 Å². The summed E-state index contributed by atoms with van der Waals surface area (Å²) in [4.78, 5) is 22.2. The number of benzene rings is 1. The van der Waals surface area contributed by atoms with E-state index in [2.05, 4.69) is 25.4 Å². The van der Waals surface area contributed by atoms with Crippen molar-refractivity contribution in [3.05, 3.63) is 70.6 Å². The van der Waals surface area contributed by atoms with Gasteiger partial charge in [0.25, 0.3) is 5.91 Å². The molecule has 1 aliphatic heterocycles. The molecule has 2 atom stereocenters. The zero-order chi connectivity index (χ0) is 25.7. The summed E-state index contributed by atoms with van der Waals surface area (Å²) in [7, 11) is 0. The number of alkyl halides is 4. The highest BCUT2D eigenvalue weighted by Crippen LogP contribution is 2.38. The maximum absolute atomic E-state index is 14.7. The molecule has 0 saturated heterocycles. The molecule has 1 unspecified atom stereocenters. The second-order valence-corrected chi connectivity index (χ2v) is 8.56. The van der Waals surface area contributed by atoms with Gasteiger partial charge < -0.3 is 10.4 Å². The minimum atomic E-state index is -4.89. The number of nitrogens with zero attached hydrogens (tertiary/aromatic N) is 5. The number of aliphatic imine (C=N–C) groups is 1. The lowest BCUT2D eigenvalue weighted by molar-refractivity contribution is -0.141. The monoisotopic (exact) mass is 514 g/mol. The number of aromatic nitrogens is 4. The third kappa shape index (κ3) is 4.60. The summed E-state index contributed by atoms with van der Waals surface area (Å²) in [5.74, 6) is -3.61. The summed E-state index contributed by atoms with van der Waals surface area (Å²) in [6.45, 7) is 2.59.